The maximum absolute atomic E-state index is 13.2. The lowest BCUT2D eigenvalue weighted by molar-refractivity contribution is -0.345. The number of para-hydroxylation sites is 1. The summed E-state index contributed by atoms with van der Waals surface area (Å²) in [6.07, 6.45) is 3.48. The molecule has 4 heterocycles. The van der Waals surface area contributed by atoms with Crippen molar-refractivity contribution in [2.45, 2.75) is 45.8 Å². The fourth-order valence-electron chi connectivity index (χ4n) is 4.62. The van der Waals surface area contributed by atoms with Crippen LogP contribution in [-0.2, 0) is 17.8 Å². The fraction of sp³-hybridized carbons (Fsp3) is 0.391. The zero-order valence-electron chi connectivity index (χ0n) is 18.8. The number of benzene rings is 1. The van der Waals surface area contributed by atoms with Crippen molar-refractivity contribution in [2.24, 2.45) is 0 Å². The van der Waals surface area contributed by atoms with Crippen LogP contribution in [0.1, 0.15) is 25.0 Å². The standard InChI is InChI=1S/C23H24F2N6O3/c1-14-9-29(10-15(2)33-14)11-16-7-18-20(26-8-16)30(23(32)31-21(18)27-13-28-31)12-17-5-3-4-6-19(17)34-22(24)25/h3-8,13-15,22H,9-12H2,1-2H3/p+1/t14-,15+. The largest absolute Gasteiger partial charge is 0.434 e. The zero-order chi connectivity index (χ0) is 23.8. The molecular formula is C23H25F2N6O3+. The summed E-state index contributed by atoms with van der Waals surface area (Å²) < 4.78 is 38.9. The lowest BCUT2D eigenvalue weighted by Crippen LogP contribution is -2.44. The fourth-order valence-corrected chi connectivity index (χ4v) is 4.62. The van der Waals surface area contributed by atoms with Gasteiger partial charge in [-0.1, -0.05) is 18.2 Å². The minimum Gasteiger partial charge on any atom is -0.434 e. The smallest absolute Gasteiger partial charge is 0.425 e. The lowest BCUT2D eigenvalue weighted by Gasteiger charge is -2.35. The number of nitrogens with zero attached hydrogens (tertiary/aromatic N) is 5. The number of aromatic nitrogens is 5. The van der Waals surface area contributed by atoms with Gasteiger partial charge in [0.2, 0.25) is 0 Å². The number of nitrogens with one attached hydrogen (secondary N) is 1. The highest BCUT2D eigenvalue weighted by Crippen LogP contribution is 2.23. The van der Waals surface area contributed by atoms with Gasteiger partial charge in [0.05, 0.1) is 24.1 Å². The SMILES string of the molecule is C[C@@H]1CN(Cc2cnc3c(c2)c2[nH+]cnn2c(=O)n3Cc2ccccc2OC(F)F)C[C@H](C)O1. The summed E-state index contributed by atoms with van der Waals surface area (Å²) in [4.78, 5) is 23.2. The van der Waals surface area contributed by atoms with Crippen LogP contribution in [0.5, 0.6) is 5.75 Å². The van der Waals surface area contributed by atoms with Gasteiger partial charge in [-0.15, -0.1) is 0 Å². The van der Waals surface area contributed by atoms with Crippen LogP contribution in [0.3, 0.4) is 0 Å². The summed E-state index contributed by atoms with van der Waals surface area (Å²) in [6.45, 7) is 3.46. The van der Waals surface area contributed by atoms with Crippen LogP contribution in [0, 0.1) is 0 Å². The van der Waals surface area contributed by atoms with Crippen molar-refractivity contribution in [2.75, 3.05) is 13.1 Å². The van der Waals surface area contributed by atoms with Crippen LogP contribution in [0.25, 0.3) is 16.7 Å². The molecule has 1 fully saturated rings. The molecule has 0 bridgehead atoms. The van der Waals surface area contributed by atoms with Gasteiger partial charge >= 0.3 is 12.3 Å². The van der Waals surface area contributed by atoms with Gasteiger partial charge < -0.3 is 9.47 Å². The Hall–Kier alpha value is -3.44. The Morgan fingerprint density at radius 3 is 2.74 bits per heavy atom. The molecule has 178 valence electrons. The number of H-pyrrole nitrogens is 1. The third kappa shape index (κ3) is 4.36. The van der Waals surface area contributed by atoms with Gasteiger partial charge in [-0.25, -0.2) is 14.8 Å². The molecule has 9 nitrogen and oxygen atoms in total. The second-order valence-corrected chi connectivity index (χ2v) is 8.57. The number of pyridine rings is 1. The predicted octanol–water partition coefficient (Wildman–Crippen LogP) is 2.12. The van der Waals surface area contributed by atoms with E-state index in [-0.39, 0.29) is 24.5 Å². The Bertz CT molecular complexity index is 1380. The highest BCUT2D eigenvalue weighted by atomic mass is 19.3. The molecule has 1 N–H and O–H groups in total. The molecule has 5 rings (SSSR count). The summed E-state index contributed by atoms with van der Waals surface area (Å²) in [6, 6.07) is 8.38. The van der Waals surface area contributed by atoms with E-state index in [2.05, 4.69) is 38.6 Å². The molecule has 0 spiro atoms. The number of ether oxygens (including phenoxy) is 2. The predicted molar refractivity (Wildman–Crippen MR) is 119 cm³/mol. The first-order valence-electron chi connectivity index (χ1n) is 11.1. The molecule has 1 saturated heterocycles. The maximum atomic E-state index is 13.2. The van der Waals surface area contributed by atoms with E-state index in [1.165, 1.54) is 21.5 Å². The monoisotopic (exact) mass is 471 g/mol. The summed E-state index contributed by atoms with van der Waals surface area (Å²) in [5.74, 6) is 0.0110. The van der Waals surface area contributed by atoms with E-state index < -0.39 is 12.3 Å². The van der Waals surface area contributed by atoms with Crippen LogP contribution >= 0.6 is 0 Å². The number of rotatable bonds is 6. The Balaban J connectivity index is 1.57. The highest BCUT2D eigenvalue weighted by Gasteiger charge is 2.24. The number of fused-ring (bicyclic) bond motifs is 3. The van der Waals surface area contributed by atoms with E-state index >= 15 is 0 Å². The number of morpholine rings is 1. The molecule has 1 aromatic carbocycles. The van der Waals surface area contributed by atoms with Gasteiger partial charge in [-0.3, -0.25) is 9.47 Å². The third-order valence-electron chi connectivity index (χ3n) is 5.85. The Kier molecular flexibility index (Phi) is 5.96. The lowest BCUT2D eigenvalue weighted by atomic mass is 10.1. The summed E-state index contributed by atoms with van der Waals surface area (Å²) in [5, 5.41) is 4.83. The minimum absolute atomic E-state index is 0.00112. The number of halogens is 2. The summed E-state index contributed by atoms with van der Waals surface area (Å²) in [5.41, 5.74) is 1.92. The van der Waals surface area contributed by atoms with Crippen LogP contribution in [0.15, 0.2) is 47.7 Å². The minimum atomic E-state index is -2.97. The van der Waals surface area contributed by atoms with Crippen LogP contribution in [-0.4, -0.2) is 56.0 Å². The maximum Gasteiger partial charge on any atom is 0.425 e. The van der Waals surface area contributed by atoms with Crippen LogP contribution in [0.4, 0.5) is 8.78 Å². The molecular weight excluding hydrogens is 446 g/mol. The summed E-state index contributed by atoms with van der Waals surface area (Å²) >= 11 is 0. The first kappa shape index (κ1) is 22.4. The van der Waals surface area contributed by atoms with E-state index in [4.69, 9.17) is 4.74 Å². The first-order chi connectivity index (χ1) is 16.4. The molecule has 2 atom stereocenters. The van der Waals surface area contributed by atoms with Gasteiger partial charge in [-0.05, 0) is 36.1 Å². The van der Waals surface area contributed by atoms with Crippen molar-refractivity contribution in [3.8, 4) is 5.75 Å². The van der Waals surface area contributed by atoms with Crippen molar-refractivity contribution < 1.29 is 23.2 Å². The van der Waals surface area contributed by atoms with Crippen molar-refractivity contribution in [3.63, 3.8) is 0 Å². The van der Waals surface area contributed by atoms with E-state index in [9.17, 15) is 13.6 Å². The highest BCUT2D eigenvalue weighted by molar-refractivity contribution is 5.87. The van der Waals surface area contributed by atoms with Crippen LogP contribution in [0.2, 0.25) is 0 Å². The van der Waals surface area contributed by atoms with Crippen molar-refractivity contribution in [1.29, 1.82) is 0 Å². The Labute approximate surface area is 193 Å². The Morgan fingerprint density at radius 1 is 1.21 bits per heavy atom. The molecule has 0 radical (unpaired) electrons. The van der Waals surface area contributed by atoms with E-state index in [0.29, 0.717) is 28.8 Å². The third-order valence-corrected chi connectivity index (χ3v) is 5.85. The first-order valence-corrected chi connectivity index (χ1v) is 11.1. The number of aromatic amines is 1. The van der Waals surface area contributed by atoms with Crippen molar-refractivity contribution in [1.82, 2.24) is 24.1 Å². The number of hydrogen-bond acceptors (Lipinski definition) is 6. The molecule has 0 aliphatic carbocycles. The molecule has 1 aliphatic rings. The second-order valence-electron chi connectivity index (χ2n) is 8.57. The molecule has 34 heavy (non-hydrogen) atoms. The quantitative estimate of drug-likeness (QED) is 0.428. The van der Waals surface area contributed by atoms with Crippen molar-refractivity contribution in [3.05, 3.63) is 64.5 Å². The summed E-state index contributed by atoms with van der Waals surface area (Å²) in [7, 11) is 0. The Morgan fingerprint density at radius 2 is 1.97 bits per heavy atom. The molecule has 0 saturated carbocycles. The molecule has 0 unspecified atom stereocenters. The second kappa shape index (κ2) is 9.07. The van der Waals surface area contributed by atoms with Gasteiger partial charge in [0.15, 0.2) is 5.65 Å². The van der Waals surface area contributed by atoms with E-state index in [0.717, 1.165) is 18.7 Å². The number of alkyl halides is 2. The molecule has 11 heteroatoms. The molecule has 4 aromatic rings. The normalized spacial score (nSPS) is 19.3. The van der Waals surface area contributed by atoms with Gasteiger partial charge in [-0.2, -0.15) is 8.78 Å². The number of hydrogen-bond donors (Lipinski definition) is 0. The molecule has 3 aromatic heterocycles. The van der Waals surface area contributed by atoms with E-state index in [1.807, 2.05) is 6.07 Å². The average Bonchev–Trinajstić information content (AvgIpc) is 3.27. The van der Waals surface area contributed by atoms with Crippen molar-refractivity contribution >= 4 is 16.7 Å². The van der Waals surface area contributed by atoms with Gasteiger partial charge in [0.1, 0.15) is 5.75 Å². The topological polar surface area (TPSA) is 88.0 Å². The average molecular weight is 471 g/mol. The van der Waals surface area contributed by atoms with Gasteiger partial charge in [0.25, 0.3) is 12.0 Å². The van der Waals surface area contributed by atoms with E-state index in [1.54, 1.807) is 24.4 Å². The van der Waals surface area contributed by atoms with Gasteiger partial charge in [0, 0.05) is 36.5 Å². The van der Waals surface area contributed by atoms with Crippen LogP contribution < -0.4 is 15.4 Å². The molecule has 0 amide bonds. The molecule has 1 aliphatic heterocycles. The zero-order valence-corrected chi connectivity index (χ0v) is 18.8.